The van der Waals surface area contributed by atoms with E-state index in [9.17, 15) is 0 Å². The topological polar surface area (TPSA) is 83.1 Å². The number of benzene rings is 3. The lowest BCUT2D eigenvalue weighted by atomic mass is 9.96. The minimum Gasteiger partial charge on any atom is -0.481 e. The lowest BCUT2D eigenvalue weighted by Crippen LogP contribution is -2.07. The molecule has 2 saturated heterocycles. The summed E-state index contributed by atoms with van der Waals surface area (Å²) in [6.07, 6.45) is 6.79. The molecule has 2 aliphatic rings. The summed E-state index contributed by atoms with van der Waals surface area (Å²) in [7, 11) is 5.45. The lowest BCUT2D eigenvalue weighted by Gasteiger charge is -2.15. The van der Waals surface area contributed by atoms with Crippen LogP contribution in [0.5, 0.6) is 5.88 Å². The molecule has 4 N–H and O–H groups in total. The van der Waals surface area contributed by atoms with Gasteiger partial charge in [-0.05, 0) is 63.5 Å². The predicted octanol–water partition coefficient (Wildman–Crippen LogP) is 9.15. The van der Waals surface area contributed by atoms with E-state index in [-0.39, 0.29) is 0 Å². The van der Waals surface area contributed by atoms with Crippen LogP contribution < -0.4 is 26.0 Å². The third-order valence-electron chi connectivity index (χ3n) is 8.56. The van der Waals surface area contributed by atoms with Crippen molar-refractivity contribution in [2.75, 3.05) is 34.3 Å². The van der Waals surface area contributed by atoms with E-state index < -0.39 is 0 Å². The summed E-state index contributed by atoms with van der Waals surface area (Å²) in [5, 5.41) is 14.8. The fourth-order valence-corrected chi connectivity index (χ4v) is 6.62. The van der Waals surface area contributed by atoms with Gasteiger partial charge in [0.25, 0.3) is 0 Å². The van der Waals surface area contributed by atoms with Gasteiger partial charge in [-0.2, -0.15) is 0 Å². The van der Waals surface area contributed by atoms with Gasteiger partial charge in [0.05, 0.1) is 28.4 Å². The van der Waals surface area contributed by atoms with Crippen molar-refractivity contribution >= 4 is 34.1 Å². The Hall–Kier alpha value is -4.40. The van der Waals surface area contributed by atoms with E-state index in [1.165, 1.54) is 42.6 Å². The Morgan fingerprint density at radius 1 is 0.760 bits per heavy atom. The maximum atomic E-state index is 7.03. The first-order chi connectivity index (χ1) is 24.3. The number of allylic oxidation sites excluding steroid dienone is 2. The summed E-state index contributed by atoms with van der Waals surface area (Å²) in [4.78, 5) is 9.43. The number of ether oxygens (including phenoxy) is 1. The average Bonchev–Trinajstić information content (AvgIpc) is 3.83. The van der Waals surface area contributed by atoms with Crippen LogP contribution in [0.4, 0.5) is 0 Å². The van der Waals surface area contributed by atoms with Crippen molar-refractivity contribution in [2.45, 2.75) is 38.8 Å². The number of aromatic nitrogens is 2. The SMILES string of the molecule is C=C1CCCN1.C=C1CCCN1.CNCc1ccc2cc(-c3cccc(-c4cccc(-c5ccc(CNC)c(OC)n5)c4Cl)c3Cl)cnc2c1. The smallest absolute Gasteiger partial charge is 0.218 e. The fourth-order valence-electron chi connectivity index (χ4n) is 5.96. The van der Waals surface area contributed by atoms with Gasteiger partial charge < -0.3 is 26.0 Å². The van der Waals surface area contributed by atoms with Gasteiger partial charge >= 0.3 is 0 Å². The molecule has 3 aromatic carbocycles. The molecule has 0 unspecified atom stereocenters. The Labute approximate surface area is 306 Å². The van der Waals surface area contributed by atoms with Gasteiger partial charge in [0, 0.05) is 82.5 Å². The third kappa shape index (κ3) is 9.23. The number of pyridine rings is 2. The number of methoxy groups -OCH3 is 1. The Balaban J connectivity index is 0.000000340. The minimum atomic E-state index is 0.570. The van der Waals surface area contributed by atoms with Gasteiger partial charge in [0.1, 0.15) is 0 Å². The van der Waals surface area contributed by atoms with Crippen molar-refractivity contribution in [1.29, 1.82) is 0 Å². The van der Waals surface area contributed by atoms with Crippen molar-refractivity contribution in [1.82, 2.24) is 31.2 Å². The van der Waals surface area contributed by atoms with E-state index >= 15 is 0 Å². The van der Waals surface area contributed by atoms with Gasteiger partial charge in [-0.25, -0.2) is 4.98 Å². The number of nitrogens with one attached hydrogen (secondary N) is 4. The molecule has 260 valence electrons. The second kappa shape index (κ2) is 18.0. The van der Waals surface area contributed by atoms with Crippen LogP contribution in [-0.2, 0) is 13.1 Å². The highest BCUT2D eigenvalue weighted by Crippen LogP contribution is 2.42. The molecule has 0 amide bonds. The van der Waals surface area contributed by atoms with Crippen molar-refractivity contribution in [2.24, 2.45) is 0 Å². The zero-order valence-corrected chi connectivity index (χ0v) is 30.6. The van der Waals surface area contributed by atoms with E-state index in [4.69, 9.17) is 37.9 Å². The highest BCUT2D eigenvalue weighted by Gasteiger charge is 2.17. The van der Waals surface area contributed by atoms with E-state index in [2.05, 4.69) is 58.7 Å². The molecule has 5 aromatic rings. The van der Waals surface area contributed by atoms with E-state index in [1.54, 1.807) is 7.11 Å². The summed E-state index contributed by atoms with van der Waals surface area (Å²) in [5.41, 5.74) is 10.6. The Morgan fingerprint density at radius 2 is 1.38 bits per heavy atom. The first kappa shape index (κ1) is 36.9. The largest absolute Gasteiger partial charge is 0.481 e. The number of hydrogen-bond acceptors (Lipinski definition) is 7. The molecule has 7 nitrogen and oxygen atoms in total. The maximum Gasteiger partial charge on any atom is 0.218 e. The fraction of sp³-hybridized carbons (Fsp3) is 0.268. The van der Waals surface area contributed by atoms with Crippen molar-refractivity contribution < 1.29 is 4.74 Å². The molecule has 0 atom stereocenters. The Bertz CT molecular complexity index is 1920. The number of hydrogen-bond donors (Lipinski definition) is 4. The van der Waals surface area contributed by atoms with E-state index in [1.807, 2.05) is 68.8 Å². The first-order valence-corrected chi connectivity index (χ1v) is 17.7. The zero-order chi connectivity index (χ0) is 35.5. The van der Waals surface area contributed by atoms with Crippen LogP contribution in [0.3, 0.4) is 0 Å². The number of nitrogens with zero attached hydrogens (tertiary/aromatic N) is 2. The lowest BCUT2D eigenvalue weighted by molar-refractivity contribution is 0.392. The van der Waals surface area contributed by atoms with Gasteiger partial charge in [0.15, 0.2) is 0 Å². The summed E-state index contributed by atoms with van der Waals surface area (Å²) in [6.45, 7) is 11.2. The molecule has 0 radical (unpaired) electrons. The zero-order valence-electron chi connectivity index (χ0n) is 29.1. The Kier molecular flexibility index (Phi) is 13.3. The monoisotopic (exact) mass is 708 g/mol. The molecule has 2 aliphatic heterocycles. The summed E-state index contributed by atoms with van der Waals surface area (Å²) < 4.78 is 5.52. The molecular formula is C41H46Cl2N6O. The standard InChI is InChI=1S/C31H28Cl2N4O.2C5H9N/c1-34-16-19-10-11-20-15-22(18-36-28(20)14-19)23-6-4-7-24(29(23)32)25-8-5-9-26(30(25)33)27-13-12-21(17-35-2)31(37-27)38-3;2*1-5-3-2-4-6-5/h4-15,18,34-35H,16-17H2,1-3H3;2*6H,1-4H2. The normalized spacial score (nSPS) is 13.5. The number of fused-ring (bicyclic) bond motifs is 1. The van der Waals surface area contributed by atoms with Crippen molar-refractivity contribution in [3.63, 3.8) is 0 Å². The maximum absolute atomic E-state index is 7.03. The van der Waals surface area contributed by atoms with Crippen LogP contribution in [0.25, 0.3) is 44.4 Å². The van der Waals surface area contributed by atoms with Crippen LogP contribution >= 0.6 is 23.2 Å². The van der Waals surface area contributed by atoms with Gasteiger partial charge in [-0.1, -0.05) is 91.0 Å². The molecule has 50 heavy (non-hydrogen) atoms. The average molecular weight is 710 g/mol. The molecule has 2 aromatic heterocycles. The highest BCUT2D eigenvalue weighted by molar-refractivity contribution is 6.39. The summed E-state index contributed by atoms with van der Waals surface area (Å²) >= 11 is 14.0. The molecule has 0 bridgehead atoms. The van der Waals surface area contributed by atoms with Gasteiger partial charge in [-0.15, -0.1) is 0 Å². The summed E-state index contributed by atoms with van der Waals surface area (Å²) in [5.74, 6) is 0.570. The molecule has 0 aliphatic carbocycles. The minimum absolute atomic E-state index is 0.570. The van der Waals surface area contributed by atoms with Crippen LogP contribution in [0.1, 0.15) is 36.8 Å². The Morgan fingerprint density at radius 3 is 1.94 bits per heavy atom. The second-order valence-electron chi connectivity index (χ2n) is 12.3. The molecular weight excluding hydrogens is 663 g/mol. The second-order valence-corrected chi connectivity index (χ2v) is 13.0. The van der Waals surface area contributed by atoms with Gasteiger partial charge in [0.2, 0.25) is 5.88 Å². The van der Waals surface area contributed by atoms with Crippen LogP contribution in [0.15, 0.2) is 104 Å². The van der Waals surface area contributed by atoms with Crippen molar-refractivity contribution in [3.8, 4) is 39.4 Å². The number of rotatable bonds is 8. The quantitative estimate of drug-likeness (QED) is 0.128. The van der Waals surface area contributed by atoms with E-state index in [0.29, 0.717) is 22.5 Å². The molecule has 0 saturated carbocycles. The van der Waals surface area contributed by atoms with Crippen LogP contribution in [-0.4, -0.2) is 44.3 Å². The number of halogens is 2. The molecule has 7 rings (SSSR count). The molecule has 0 spiro atoms. The summed E-state index contributed by atoms with van der Waals surface area (Å²) in [6, 6.07) is 24.3. The molecule has 2 fully saturated rings. The molecule has 4 heterocycles. The van der Waals surface area contributed by atoms with Crippen LogP contribution in [0.2, 0.25) is 10.0 Å². The first-order valence-electron chi connectivity index (χ1n) is 17.0. The van der Waals surface area contributed by atoms with Crippen molar-refractivity contribution in [3.05, 3.63) is 125 Å². The van der Waals surface area contributed by atoms with Gasteiger partial charge in [-0.3, -0.25) is 4.98 Å². The van der Waals surface area contributed by atoms with Crippen LogP contribution in [0, 0.1) is 0 Å². The third-order valence-corrected chi connectivity index (χ3v) is 9.38. The predicted molar refractivity (Wildman–Crippen MR) is 211 cm³/mol. The molecule has 9 heteroatoms. The van der Waals surface area contributed by atoms with E-state index in [0.717, 1.165) is 69.6 Å². The highest BCUT2D eigenvalue weighted by atomic mass is 35.5.